The van der Waals surface area contributed by atoms with E-state index in [4.69, 9.17) is 16.7 Å². The van der Waals surface area contributed by atoms with Gasteiger partial charge in [-0.25, -0.2) is 9.18 Å². The Kier molecular flexibility index (Phi) is 5.54. The zero-order valence-corrected chi connectivity index (χ0v) is 12.8. The maximum atomic E-state index is 13.5. The maximum absolute atomic E-state index is 13.5. The van der Waals surface area contributed by atoms with E-state index < -0.39 is 29.3 Å². The van der Waals surface area contributed by atoms with Gasteiger partial charge in [0.25, 0.3) is 0 Å². The molecule has 1 rings (SSSR count). The molecule has 0 radical (unpaired) electrons. The van der Waals surface area contributed by atoms with Crippen molar-refractivity contribution in [3.63, 3.8) is 0 Å². The monoisotopic (exact) mass is 316 g/mol. The van der Waals surface area contributed by atoms with Gasteiger partial charge in [0.2, 0.25) is 0 Å². The Labute approximate surface area is 127 Å². The van der Waals surface area contributed by atoms with Crippen molar-refractivity contribution in [1.29, 1.82) is 0 Å². The Morgan fingerprint density at radius 2 is 2.00 bits per heavy atom. The van der Waals surface area contributed by atoms with Gasteiger partial charge >= 0.3 is 12.0 Å². The van der Waals surface area contributed by atoms with Gasteiger partial charge in [-0.15, -0.1) is 0 Å². The van der Waals surface area contributed by atoms with E-state index in [-0.39, 0.29) is 17.1 Å². The van der Waals surface area contributed by atoms with Gasteiger partial charge < -0.3 is 15.7 Å². The summed E-state index contributed by atoms with van der Waals surface area (Å²) >= 11 is 5.73. The van der Waals surface area contributed by atoms with Crippen LogP contribution < -0.4 is 10.6 Å². The van der Waals surface area contributed by atoms with Crippen LogP contribution in [-0.2, 0) is 4.79 Å². The standard InChI is InChI=1S/C14H18ClFN2O3/c1-14(2,3)11(7-12(19)20)18-13(21)17-10-6-8(15)4-5-9(10)16/h4-6,11H,7H2,1-3H3,(H,19,20)(H2,17,18,21). The summed E-state index contributed by atoms with van der Waals surface area (Å²) in [5, 5.41) is 14.0. The third kappa shape index (κ3) is 5.59. The molecule has 0 saturated carbocycles. The number of halogens is 2. The summed E-state index contributed by atoms with van der Waals surface area (Å²) < 4.78 is 13.5. The number of carbonyl (C=O) groups excluding carboxylic acids is 1. The lowest BCUT2D eigenvalue weighted by Crippen LogP contribution is -2.46. The Balaban J connectivity index is 2.78. The molecule has 0 aliphatic rings. The Morgan fingerprint density at radius 3 is 2.52 bits per heavy atom. The van der Waals surface area contributed by atoms with Gasteiger partial charge in [-0.05, 0) is 23.6 Å². The second-order valence-electron chi connectivity index (χ2n) is 5.74. The molecule has 3 N–H and O–H groups in total. The number of amides is 2. The molecule has 21 heavy (non-hydrogen) atoms. The van der Waals surface area contributed by atoms with Gasteiger partial charge in [0, 0.05) is 11.1 Å². The lowest BCUT2D eigenvalue weighted by atomic mass is 9.85. The fraction of sp³-hybridized carbons (Fsp3) is 0.429. The van der Waals surface area contributed by atoms with E-state index in [2.05, 4.69) is 10.6 Å². The smallest absolute Gasteiger partial charge is 0.319 e. The molecule has 1 aromatic carbocycles. The molecule has 7 heteroatoms. The van der Waals surface area contributed by atoms with Crippen molar-refractivity contribution in [2.24, 2.45) is 5.41 Å². The van der Waals surface area contributed by atoms with Crippen molar-refractivity contribution in [3.8, 4) is 0 Å². The fourth-order valence-electron chi connectivity index (χ4n) is 1.66. The number of hydrogen-bond acceptors (Lipinski definition) is 2. The number of carbonyl (C=O) groups is 2. The number of benzene rings is 1. The molecule has 0 fully saturated rings. The number of nitrogens with one attached hydrogen (secondary N) is 2. The Bertz CT molecular complexity index is 544. The van der Waals surface area contributed by atoms with Gasteiger partial charge in [-0.1, -0.05) is 32.4 Å². The zero-order valence-electron chi connectivity index (χ0n) is 12.0. The van der Waals surface area contributed by atoms with Crippen LogP contribution in [-0.4, -0.2) is 23.1 Å². The van der Waals surface area contributed by atoms with Crippen LogP contribution in [0.2, 0.25) is 5.02 Å². The highest BCUT2D eigenvalue weighted by Crippen LogP contribution is 2.23. The molecule has 116 valence electrons. The minimum Gasteiger partial charge on any atom is -0.481 e. The van der Waals surface area contributed by atoms with Crippen LogP contribution >= 0.6 is 11.6 Å². The van der Waals surface area contributed by atoms with Crippen LogP contribution in [0.5, 0.6) is 0 Å². The average molecular weight is 317 g/mol. The van der Waals surface area contributed by atoms with E-state index in [0.29, 0.717) is 0 Å². The molecular formula is C14H18ClFN2O3. The van der Waals surface area contributed by atoms with Gasteiger partial charge in [0.1, 0.15) is 5.82 Å². The maximum Gasteiger partial charge on any atom is 0.319 e. The fourth-order valence-corrected chi connectivity index (χ4v) is 1.83. The molecular weight excluding hydrogens is 299 g/mol. The molecule has 1 aromatic rings. The summed E-state index contributed by atoms with van der Waals surface area (Å²) in [5.74, 6) is -1.65. The molecule has 1 unspecified atom stereocenters. The third-order valence-corrected chi connectivity index (χ3v) is 3.14. The SMILES string of the molecule is CC(C)(C)C(CC(=O)O)NC(=O)Nc1cc(Cl)ccc1F. The second-order valence-corrected chi connectivity index (χ2v) is 6.18. The number of carboxylic acids is 1. The molecule has 0 spiro atoms. The summed E-state index contributed by atoms with van der Waals surface area (Å²) in [5.41, 5.74) is -0.522. The van der Waals surface area contributed by atoms with Crippen LogP contribution in [0.3, 0.4) is 0 Å². The minimum absolute atomic E-state index is 0.0667. The first-order valence-corrected chi connectivity index (χ1v) is 6.71. The van der Waals surface area contributed by atoms with E-state index in [1.807, 2.05) is 0 Å². The summed E-state index contributed by atoms with van der Waals surface area (Å²) in [6.07, 6.45) is -0.227. The molecule has 0 aliphatic heterocycles. The van der Waals surface area contributed by atoms with E-state index in [9.17, 15) is 14.0 Å². The van der Waals surface area contributed by atoms with E-state index in [1.54, 1.807) is 20.8 Å². The van der Waals surface area contributed by atoms with Gasteiger partial charge in [0.15, 0.2) is 0 Å². The first-order chi connectivity index (χ1) is 9.59. The molecule has 5 nitrogen and oxygen atoms in total. The highest BCUT2D eigenvalue weighted by atomic mass is 35.5. The van der Waals surface area contributed by atoms with Gasteiger partial charge in [0.05, 0.1) is 12.1 Å². The Morgan fingerprint density at radius 1 is 1.38 bits per heavy atom. The normalized spacial score (nSPS) is 12.6. The molecule has 0 bridgehead atoms. The Hall–Kier alpha value is -1.82. The number of carboxylic acid groups (broad SMARTS) is 1. The van der Waals surface area contributed by atoms with Crippen LogP contribution in [0, 0.1) is 11.2 Å². The highest BCUT2D eigenvalue weighted by molar-refractivity contribution is 6.30. The lowest BCUT2D eigenvalue weighted by molar-refractivity contribution is -0.138. The van der Waals surface area contributed by atoms with Gasteiger partial charge in [-0.3, -0.25) is 4.79 Å². The molecule has 2 amide bonds. The lowest BCUT2D eigenvalue weighted by Gasteiger charge is -2.30. The summed E-state index contributed by atoms with van der Waals surface area (Å²) in [7, 11) is 0. The molecule has 0 aliphatic carbocycles. The average Bonchev–Trinajstić information content (AvgIpc) is 2.31. The number of anilines is 1. The van der Waals surface area contributed by atoms with E-state index in [1.165, 1.54) is 12.1 Å². The first kappa shape index (κ1) is 17.2. The van der Waals surface area contributed by atoms with Crippen LogP contribution in [0.15, 0.2) is 18.2 Å². The van der Waals surface area contributed by atoms with Crippen molar-refractivity contribution in [1.82, 2.24) is 5.32 Å². The summed E-state index contributed by atoms with van der Waals surface area (Å²) in [6, 6.07) is 2.49. The predicted octanol–water partition coefficient (Wildman–Crippen LogP) is 3.49. The second kappa shape index (κ2) is 6.76. The van der Waals surface area contributed by atoms with Crippen LogP contribution in [0.4, 0.5) is 14.9 Å². The van der Waals surface area contributed by atoms with Crippen molar-refractivity contribution >= 4 is 29.3 Å². The summed E-state index contributed by atoms with van der Waals surface area (Å²) in [6.45, 7) is 5.42. The van der Waals surface area contributed by atoms with Gasteiger partial charge in [-0.2, -0.15) is 0 Å². The van der Waals surface area contributed by atoms with Crippen molar-refractivity contribution < 1.29 is 19.1 Å². The first-order valence-electron chi connectivity index (χ1n) is 6.34. The van der Waals surface area contributed by atoms with Crippen LogP contribution in [0.25, 0.3) is 0 Å². The number of aliphatic carboxylic acids is 1. The summed E-state index contributed by atoms with van der Waals surface area (Å²) in [4.78, 5) is 22.7. The quantitative estimate of drug-likeness (QED) is 0.795. The van der Waals surface area contributed by atoms with Crippen molar-refractivity contribution in [2.45, 2.75) is 33.2 Å². The third-order valence-electron chi connectivity index (χ3n) is 2.91. The number of rotatable bonds is 4. The highest BCUT2D eigenvalue weighted by Gasteiger charge is 2.28. The molecule has 0 heterocycles. The van der Waals surface area contributed by atoms with Crippen molar-refractivity contribution in [2.75, 3.05) is 5.32 Å². The zero-order chi connectivity index (χ0) is 16.2. The van der Waals surface area contributed by atoms with Crippen LogP contribution in [0.1, 0.15) is 27.2 Å². The van der Waals surface area contributed by atoms with E-state index in [0.717, 1.165) is 6.07 Å². The predicted molar refractivity (Wildman–Crippen MR) is 79.1 cm³/mol. The number of hydrogen-bond donors (Lipinski definition) is 3. The molecule has 0 saturated heterocycles. The molecule has 1 atom stereocenters. The minimum atomic E-state index is -1.02. The van der Waals surface area contributed by atoms with E-state index >= 15 is 0 Å². The largest absolute Gasteiger partial charge is 0.481 e. The van der Waals surface area contributed by atoms with Crippen molar-refractivity contribution in [3.05, 3.63) is 29.0 Å². The molecule has 0 aromatic heterocycles. The topological polar surface area (TPSA) is 78.4 Å². The number of urea groups is 1.